The highest BCUT2D eigenvalue weighted by molar-refractivity contribution is 5.79. The van der Waals surface area contributed by atoms with Gasteiger partial charge in [0.15, 0.2) is 0 Å². The smallest absolute Gasteiger partial charge is 0.227 e. The molecule has 0 bridgehead atoms. The molecule has 174 valence electrons. The molecule has 1 unspecified atom stereocenters. The Morgan fingerprint density at radius 2 is 2.12 bits per heavy atom. The fourth-order valence-corrected chi connectivity index (χ4v) is 4.87. The zero-order valence-electron chi connectivity index (χ0n) is 19.3. The summed E-state index contributed by atoms with van der Waals surface area (Å²) < 4.78 is 21.5. The second-order valence-electron chi connectivity index (χ2n) is 9.41. The van der Waals surface area contributed by atoms with Gasteiger partial charge in [-0.2, -0.15) is 0 Å². The molecule has 32 heavy (non-hydrogen) atoms. The Bertz CT molecular complexity index is 917. The number of hydrogen-bond donors (Lipinski definition) is 0. The van der Waals surface area contributed by atoms with E-state index in [9.17, 15) is 9.18 Å². The average Bonchev–Trinajstić information content (AvgIpc) is 3.41. The van der Waals surface area contributed by atoms with Crippen molar-refractivity contribution in [3.63, 3.8) is 0 Å². The van der Waals surface area contributed by atoms with Gasteiger partial charge in [0.25, 0.3) is 0 Å². The molecule has 1 aromatic heterocycles. The molecule has 0 N–H and O–H groups in total. The van der Waals surface area contributed by atoms with E-state index in [4.69, 9.17) is 4.74 Å². The molecule has 1 amide bonds. The van der Waals surface area contributed by atoms with Crippen LogP contribution in [0.1, 0.15) is 18.7 Å². The lowest BCUT2D eigenvalue weighted by Crippen LogP contribution is -2.48. The van der Waals surface area contributed by atoms with Crippen molar-refractivity contribution in [1.29, 1.82) is 0 Å². The van der Waals surface area contributed by atoms with E-state index in [1.54, 1.807) is 18.3 Å². The van der Waals surface area contributed by atoms with Crippen molar-refractivity contribution < 1.29 is 13.9 Å². The van der Waals surface area contributed by atoms with Crippen molar-refractivity contribution in [3.05, 3.63) is 48.3 Å². The molecule has 2 saturated heterocycles. The van der Waals surface area contributed by atoms with Crippen LogP contribution >= 0.6 is 0 Å². The summed E-state index contributed by atoms with van der Waals surface area (Å²) in [6.45, 7) is 4.33. The maximum absolute atomic E-state index is 13.5. The summed E-state index contributed by atoms with van der Waals surface area (Å²) in [5.41, 5.74) is 0. The molecule has 3 atom stereocenters. The number of rotatable bonds is 7. The molecule has 2 fully saturated rings. The highest BCUT2D eigenvalue weighted by atomic mass is 19.1. The molecule has 8 heteroatoms. The van der Waals surface area contributed by atoms with Crippen LogP contribution in [-0.4, -0.2) is 83.1 Å². The van der Waals surface area contributed by atoms with Crippen LogP contribution in [-0.2, 0) is 18.4 Å². The van der Waals surface area contributed by atoms with Crippen molar-refractivity contribution in [2.75, 3.05) is 46.9 Å². The van der Waals surface area contributed by atoms with Crippen molar-refractivity contribution in [2.45, 2.75) is 25.4 Å². The van der Waals surface area contributed by atoms with Gasteiger partial charge in [0, 0.05) is 63.6 Å². The molecule has 1 aromatic carbocycles. The Labute approximate surface area is 189 Å². The van der Waals surface area contributed by atoms with Crippen LogP contribution in [0.4, 0.5) is 4.39 Å². The molecule has 0 radical (unpaired) electrons. The molecule has 2 aliphatic rings. The summed E-state index contributed by atoms with van der Waals surface area (Å²) in [6, 6.07) is 6.67. The molecule has 0 spiro atoms. The van der Waals surface area contributed by atoms with Crippen LogP contribution in [0.5, 0.6) is 5.75 Å². The first-order valence-corrected chi connectivity index (χ1v) is 11.4. The molecule has 4 rings (SSSR count). The number of ether oxygens (including phenoxy) is 1. The van der Waals surface area contributed by atoms with Crippen molar-refractivity contribution in [2.24, 2.45) is 18.9 Å². The second kappa shape index (κ2) is 10.0. The van der Waals surface area contributed by atoms with Crippen molar-refractivity contribution >= 4 is 5.91 Å². The number of carbonyl (C=O) groups excluding carboxylic acids is 1. The number of likely N-dealkylation sites (tertiary alicyclic amines) is 2. The minimum atomic E-state index is -0.305. The van der Waals surface area contributed by atoms with Gasteiger partial charge in [-0.05, 0) is 39.1 Å². The summed E-state index contributed by atoms with van der Waals surface area (Å²) in [7, 11) is 6.15. The van der Waals surface area contributed by atoms with E-state index in [1.807, 2.05) is 22.7 Å². The largest absolute Gasteiger partial charge is 0.493 e. The van der Waals surface area contributed by atoms with Crippen LogP contribution < -0.4 is 4.74 Å². The van der Waals surface area contributed by atoms with Gasteiger partial charge in [-0.25, -0.2) is 9.37 Å². The SMILES string of the molecule is CN(C)C1CCN(C(=O)[C@@H]2C[C@H](COc3cccc(F)c3)CN(Cc3nccn3C)C2)C1. The topological polar surface area (TPSA) is 53.8 Å². The first-order chi connectivity index (χ1) is 15.4. The average molecular weight is 444 g/mol. The lowest BCUT2D eigenvalue weighted by atomic mass is 9.88. The fraction of sp³-hybridized carbons (Fsp3) is 0.583. The summed E-state index contributed by atoms with van der Waals surface area (Å²) in [5.74, 6) is 1.58. The Kier molecular flexibility index (Phi) is 7.10. The van der Waals surface area contributed by atoms with E-state index in [-0.39, 0.29) is 23.6 Å². The lowest BCUT2D eigenvalue weighted by molar-refractivity contribution is -0.137. The Morgan fingerprint density at radius 1 is 1.28 bits per heavy atom. The maximum Gasteiger partial charge on any atom is 0.227 e. The van der Waals surface area contributed by atoms with Gasteiger partial charge in [0.1, 0.15) is 17.4 Å². The fourth-order valence-electron chi connectivity index (χ4n) is 4.87. The summed E-state index contributed by atoms with van der Waals surface area (Å²) in [6.07, 6.45) is 5.55. The first kappa shape index (κ1) is 22.7. The van der Waals surface area contributed by atoms with Crippen LogP contribution in [0.25, 0.3) is 0 Å². The molecule has 3 heterocycles. The third kappa shape index (κ3) is 5.48. The van der Waals surface area contributed by atoms with Crippen LogP contribution in [0.15, 0.2) is 36.7 Å². The minimum Gasteiger partial charge on any atom is -0.493 e. The molecular weight excluding hydrogens is 409 g/mol. The van der Waals surface area contributed by atoms with E-state index in [0.29, 0.717) is 24.9 Å². The third-order valence-electron chi connectivity index (χ3n) is 6.74. The number of hydrogen-bond acceptors (Lipinski definition) is 5. The van der Waals surface area contributed by atoms with E-state index in [1.165, 1.54) is 12.1 Å². The zero-order valence-corrected chi connectivity index (χ0v) is 19.3. The summed E-state index contributed by atoms with van der Waals surface area (Å²) in [4.78, 5) is 24.4. The molecule has 2 aliphatic heterocycles. The minimum absolute atomic E-state index is 0.0639. The van der Waals surface area contributed by atoms with E-state index in [0.717, 1.165) is 44.8 Å². The summed E-state index contributed by atoms with van der Waals surface area (Å²) >= 11 is 0. The van der Waals surface area contributed by atoms with E-state index >= 15 is 0 Å². The number of amides is 1. The maximum atomic E-state index is 13.5. The quantitative estimate of drug-likeness (QED) is 0.657. The molecule has 7 nitrogen and oxygen atoms in total. The molecule has 0 aliphatic carbocycles. The van der Waals surface area contributed by atoms with Crippen LogP contribution in [0.2, 0.25) is 0 Å². The molecule has 2 aromatic rings. The number of benzene rings is 1. The number of piperidine rings is 1. The van der Waals surface area contributed by atoms with E-state index < -0.39 is 0 Å². The van der Waals surface area contributed by atoms with Gasteiger partial charge in [-0.15, -0.1) is 0 Å². The predicted octanol–water partition coefficient (Wildman–Crippen LogP) is 2.24. The van der Waals surface area contributed by atoms with Crippen LogP contribution in [0, 0.1) is 17.7 Å². The second-order valence-corrected chi connectivity index (χ2v) is 9.41. The highest BCUT2D eigenvalue weighted by Gasteiger charge is 2.37. The lowest BCUT2D eigenvalue weighted by Gasteiger charge is -2.38. The van der Waals surface area contributed by atoms with Gasteiger partial charge in [0.05, 0.1) is 19.1 Å². The van der Waals surface area contributed by atoms with Gasteiger partial charge in [-0.1, -0.05) is 6.07 Å². The number of halogens is 1. The highest BCUT2D eigenvalue weighted by Crippen LogP contribution is 2.28. The van der Waals surface area contributed by atoms with E-state index in [2.05, 4.69) is 28.9 Å². The number of nitrogens with zero attached hydrogens (tertiary/aromatic N) is 5. The number of carbonyl (C=O) groups is 1. The monoisotopic (exact) mass is 443 g/mol. The predicted molar refractivity (Wildman–Crippen MR) is 121 cm³/mol. The zero-order chi connectivity index (χ0) is 22.7. The molecule has 0 saturated carbocycles. The summed E-state index contributed by atoms with van der Waals surface area (Å²) in [5, 5.41) is 0. The van der Waals surface area contributed by atoms with Gasteiger partial charge >= 0.3 is 0 Å². The number of likely N-dealkylation sites (N-methyl/N-ethyl adjacent to an activating group) is 1. The molecular formula is C24H34FN5O2. The third-order valence-corrected chi connectivity index (χ3v) is 6.74. The van der Waals surface area contributed by atoms with Gasteiger partial charge < -0.3 is 19.1 Å². The van der Waals surface area contributed by atoms with Gasteiger partial charge in [-0.3, -0.25) is 9.69 Å². The number of imidazole rings is 1. The first-order valence-electron chi connectivity index (χ1n) is 11.4. The van der Waals surface area contributed by atoms with Crippen LogP contribution in [0.3, 0.4) is 0 Å². The number of aryl methyl sites for hydroxylation is 1. The van der Waals surface area contributed by atoms with Crippen molar-refractivity contribution in [1.82, 2.24) is 24.3 Å². The Balaban J connectivity index is 1.44. The van der Waals surface area contributed by atoms with Crippen molar-refractivity contribution in [3.8, 4) is 5.75 Å². The standard InChI is InChI=1S/C24H34FN5O2/c1-27(2)21-7-9-30(15-21)24(31)19-11-18(17-32-22-6-4-5-20(25)12-22)13-29(14-19)16-23-26-8-10-28(23)3/h4-6,8,10,12,18-19,21H,7,9,11,13-17H2,1-3H3/t18-,19+,21?/m0/s1. The Morgan fingerprint density at radius 3 is 2.81 bits per heavy atom. The number of aromatic nitrogens is 2. The Hall–Kier alpha value is -2.45. The van der Waals surface area contributed by atoms with Gasteiger partial charge in [0.2, 0.25) is 5.91 Å². The normalized spacial score (nSPS) is 24.3.